The van der Waals surface area contributed by atoms with Gasteiger partial charge in [0.25, 0.3) is 0 Å². The van der Waals surface area contributed by atoms with Gasteiger partial charge in [-0.3, -0.25) is 4.79 Å². The molecule has 5 heteroatoms. The van der Waals surface area contributed by atoms with E-state index in [1.807, 2.05) is 17.2 Å². The molecule has 0 unspecified atom stereocenters. The van der Waals surface area contributed by atoms with E-state index in [2.05, 4.69) is 50.0 Å². The van der Waals surface area contributed by atoms with Gasteiger partial charge in [0.1, 0.15) is 0 Å². The highest BCUT2D eigenvalue weighted by Crippen LogP contribution is 2.26. The molecule has 3 aromatic rings. The Labute approximate surface area is 154 Å². The molecule has 3 rings (SSSR count). The second-order valence-electron chi connectivity index (χ2n) is 6.64. The van der Waals surface area contributed by atoms with Gasteiger partial charge in [-0.25, -0.2) is 9.50 Å². The van der Waals surface area contributed by atoms with Crippen molar-refractivity contribution in [2.45, 2.75) is 40.0 Å². The number of benzene rings is 1. The van der Waals surface area contributed by atoms with Gasteiger partial charge in [0.2, 0.25) is 5.91 Å². The summed E-state index contributed by atoms with van der Waals surface area (Å²) >= 11 is 0. The number of carbonyl (C=O) groups excluding carboxylic acids is 1. The summed E-state index contributed by atoms with van der Waals surface area (Å²) in [5, 5.41) is 4.70. The van der Waals surface area contributed by atoms with Crippen LogP contribution in [0.15, 0.2) is 42.7 Å². The van der Waals surface area contributed by atoms with E-state index in [9.17, 15) is 4.79 Å². The van der Waals surface area contributed by atoms with Gasteiger partial charge in [-0.2, -0.15) is 5.10 Å². The van der Waals surface area contributed by atoms with Crippen LogP contribution in [0.5, 0.6) is 0 Å². The average molecular weight is 350 g/mol. The number of aromatic nitrogens is 3. The maximum Gasteiger partial charge on any atom is 0.227 e. The molecule has 0 bridgehead atoms. The number of hydrogen-bond donors (Lipinski definition) is 0. The van der Waals surface area contributed by atoms with Crippen molar-refractivity contribution in [3.05, 3.63) is 53.9 Å². The zero-order chi connectivity index (χ0) is 18.5. The summed E-state index contributed by atoms with van der Waals surface area (Å²) in [5.41, 5.74) is 4.71. The van der Waals surface area contributed by atoms with E-state index in [1.165, 1.54) is 5.56 Å². The molecule has 0 fully saturated rings. The van der Waals surface area contributed by atoms with Crippen LogP contribution in [0.2, 0.25) is 0 Å². The highest BCUT2D eigenvalue weighted by Gasteiger charge is 2.21. The molecule has 2 aromatic heterocycles. The molecule has 0 aliphatic heterocycles. The Hall–Kier alpha value is -2.69. The second-order valence-corrected chi connectivity index (χ2v) is 6.64. The molecule has 0 spiro atoms. The fourth-order valence-electron chi connectivity index (χ4n) is 3.20. The van der Waals surface area contributed by atoms with Crippen LogP contribution in [0.25, 0.3) is 16.9 Å². The molecular formula is C21H26N4O. The highest BCUT2D eigenvalue weighted by molar-refractivity contribution is 5.84. The summed E-state index contributed by atoms with van der Waals surface area (Å²) in [5.74, 6) is 0.141. The minimum Gasteiger partial charge on any atom is -0.342 e. The minimum atomic E-state index is 0.141. The van der Waals surface area contributed by atoms with Gasteiger partial charge < -0.3 is 4.90 Å². The molecule has 136 valence electrons. The first kappa shape index (κ1) is 18.1. The van der Waals surface area contributed by atoms with Crippen LogP contribution in [-0.2, 0) is 11.2 Å². The third-order valence-electron chi connectivity index (χ3n) is 4.48. The predicted molar refractivity (Wildman–Crippen MR) is 104 cm³/mol. The van der Waals surface area contributed by atoms with Gasteiger partial charge in [0, 0.05) is 36.6 Å². The summed E-state index contributed by atoms with van der Waals surface area (Å²) < 4.78 is 1.77. The molecule has 0 aliphatic carbocycles. The van der Waals surface area contributed by atoms with Crippen LogP contribution in [-0.4, -0.2) is 38.5 Å². The number of carbonyl (C=O) groups is 1. The molecule has 0 N–H and O–H groups in total. The van der Waals surface area contributed by atoms with Gasteiger partial charge in [-0.05, 0) is 25.8 Å². The normalized spacial score (nSPS) is 11.0. The van der Waals surface area contributed by atoms with Crippen LogP contribution >= 0.6 is 0 Å². The second kappa shape index (κ2) is 8.13. The van der Waals surface area contributed by atoms with Crippen molar-refractivity contribution in [2.24, 2.45) is 0 Å². The highest BCUT2D eigenvalue weighted by atomic mass is 16.2. The van der Waals surface area contributed by atoms with Crippen molar-refractivity contribution in [2.75, 3.05) is 13.1 Å². The van der Waals surface area contributed by atoms with Gasteiger partial charge in [-0.1, -0.05) is 43.7 Å². The summed E-state index contributed by atoms with van der Waals surface area (Å²) in [4.78, 5) is 19.4. The zero-order valence-electron chi connectivity index (χ0n) is 15.8. The van der Waals surface area contributed by atoms with E-state index in [1.54, 1.807) is 10.7 Å². The molecule has 2 heterocycles. The Morgan fingerprint density at radius 3 is 2.46 bits per heavy atom. The Morgan fingerprint density at radius 2 is 1.81 bits per heavy atom. The van der Waals surface area contributed by atoms with Crippen LogP contribution in [0.3, 0.4) is 0 Å². The molecule has 1 amide bonds. The lowest BCUT2D eigenvalue weighted by atomic mass is 10.0. The first-order valence-corrected chi connectivity index (χ1v) is 9.31. The van der Waals surface area contributed by atoms with Crippen molar-refractivity contribution >= 4 is 11.6 Å². The summed E-state index contributed by atoms with van der Waals surface area (Å²) in [6.45, 7) is 7.85. The quantitative estimate of drug-likeness (QED) is 0.649. The number of fused-ring (bicyclic) bond motifs is 1. The number of nitrogens with zero attached hydrogens (tertiary/aromatic N) is 4. The Bertz CT molecular complexity index is 877. The summed E-state index contributed by atoms with van der Waals surface area (Å²) in [6, 6.07) is 10.1. The maximum atomic E-state index is 12.9. The Balaban J connectivity index is 2.01. The van der Waals surface area contributed by atoms with Gasteiger partial charge in [0.15, 0.2) is 5.65 Å². The topological polar surface area (TPSA) is 50.5 Å². The smallest absolute Gasteiger partial charge is 0.227 e. The molecule has 0 saturated heterocycles. The van der Waals surface area contributed by atoms with Crippen LogP contribution in [0.4, 0.5) is 0 Å². The first-order chi connectivity index (χ1) is 12.6. The molecule has 1 aromatic carbocycles. The van der Waals surface area contributed by atoms with E-state index >= 15 is 0 Å². The van der Waals surface area contributed by atoms with Crippen LogP contribution < -0.4 is 0 Å². The lowest BCUT2D eigenvalue weighted by molar-refractivity contribution is -0.130. The van der Waals surface area contributed by atoms with E-state index < -0.39 is 0 Å². The van der Waals surface area contributed by atoms with Crippen molar-refractivity contribution in [1.82, 2.24) is 19.5 Å². The lowest BCUT2D eigenvalue weighted by Crippen LogP contribution is -2.33. The standard InChI is InChI=1S/C21H26N4O/c1-4-12-24(13-5-2)19(26)15-18-20(17-9-7-16(3)8-10-17)23-25-14-6-11-22-21(18)25/h6-11,14H,4-5,12-13,15H2,1-3H3. The van der Waals surface area contributed by atoms with E-state index in [-0.39, 0.29) is 5.91 Å². The van der Waals surface area contributed by atoms with Gasteiger partial charge >= 0.3 is 0 Å². The average Bonchev–Trinajstić information content (AvgIpc) is 3.01. The molecular weight excluding hydrogens is 324 g/mol. The van der Waals surface area contributed by atoms with Crippen molar-refractivity contribution in [3.63, 3.8) is 0 Å². The number of rotatable bonds is 7. The van der Waals surface area contributed by atoms with Crippen molar-refractivity contribution in [3.8, 4) is 11.3 Å². The van der Waals surface area contributed by atoms with Gasteiger partial charge in [0.05, 0.1) is 12.1 Å². The third kappa shape index (κ3) is 3.77. The Kier molecular flexibility index (Phi) is 5.66. The van der Waals surface area contributed by atoms with Crippen LogP contribution in [0.1, 0.15) is 37.8 Å². The molecule has 26 heavy (non-hydrogen) atoms. The fourth-order valence-corrected chi connectivity index (χ4v) is 3.20. The summed E-state index contributed by atoms with van der Waals surface area (Å²) in [6.07, 6.45) is 5.88. The minimum absolute atomic E-state index is 0.141. The maximum absolute atomic E-state index is 12.9. The number of aryl methyl sites for hydroxylation is 1. The van der Waals surface area contributed by atoms with E-state index in [4.69, 9.17) is 5.10 Å². The van der Waals surface area contributed by atoms with E-state index in [0.717, 1.165) is 48.4 Å². The molecule has 0 saturated carbocycles. The number of amides is 1. The predicted octanol–water partition coefficient (Wildman–Crippen LogP) is 3.90. The fraction of sp³-hybridized carbons (Fsp3) is 0.381. The van der Waals surface area contributed by atoms with Crippen molar-refractivity contribution in [1.29, 1.82) is 0 Å². The largest absolute Gasteiger partial charge is 0.342 e. The SMILES string of the molecule is CCCN(CCC)C(=O)Cc1c(-c2ccc(C)cc2)nn2cccnc12. The molecule has 0 aliphatic rings. The van der Waals surface area contributed by atoms with Crippen LogP contribution in [0, 0.1) is 6.92 Å². The third-order valence-corrected chi connectivity index (χ3v) is 4.48. The lowest BCUT2D eigenvalue weighted by Gasteiger charge is -2.21. The summed E-state index contributed by atoms with van der Waals surface area (Å²) in [7, 11) is 0. The van der Waals surface area contributed by atoms with Crippen molar-refractivity contribution < 1.29 is 4.79 Å². The first-order valence-electron chi connectivity index (χ1n) is 9.31. The molecule has 0 radical (unpaired) electrons. The molecule has 0 atom stereocenters. The monoisotopic (exact) mass is 350 g/mol. The van der Waals surface area contributed by atoms with Gasteiger partial charge in [-0.15, -0.1) is 0 Å². The Morgan fingerprint density at radius 1 is 1.12 bits per heavy atom. The number of hydrogen-bond acceptors (Lipinski definition) is 3. The zero-order valence-corrected chi connectivity index (χ0v) is 15.8. The molecule has 5 nitrogen and oxygen atoms in total. The van der Waals surface area contributed by atoms with E-state index in [0.29, 0.717) is 6.42 Å².